The maximum Gasteiger partial charge on any atom is 0.338 e. The maximum absolute atomic E-state index is 14.2. The largest absolute Gasteiger partial charge is 0.462 e. The van der Waals surface area contributed by atoms with Crippen molar-refractivity contribution in [1.29, 1.82) is 0 Å². The molecule has 0 radical (unpaired) electrons. The topological polar surface area (TPSA) is 101 Å². The van der Waals surface area contributed by atoms with Crippen LogP contribution in [0.3, 0.4) is 0 Å². The fraction of sp³-hybridized carbons (Fsp3) is 0.357. The molecule has 0 atom stereocenters. The fourth-order valence-corrected chi connectivity index (χ4v) is 5.65. The Bertz CT molecular complexity index is 1550. The third kappa shape index (κ3) is 4.96. The third-order valence-corrected chi connectivity index (χ3v) is 7.68. The first-order chi connectivity index (χ1) is 18.3. The zero-order valence-electron chi connectivity index (χ0n) is 21.2. The van der Waals surface area contributed by atoms with Gasteiger partial charge in [0.1, 0.15) is 11.5 Å². The fourth-order valence-electron chi connectivity index (χ4n) is 5.36. The second kappa shape index (κ2) is 10.7. The number of esters is 1. The van der Waals surface area contributed by atoms with Gasteiger partial charge in [-0.2, -0.15) is 0 Å². The molecule has 38 heavy (non-hydrogen) atoms. The van der Waals surface area contributed by atoms with E-state index in [0.717, 1.165) is 36.1 Å². The zero-order valence-corrected chi connectivity index (χ0v) is 22.0. The van der Waals surface area contributed by atoms with Gasteiger partial charge in [0, 0.05) is 34.6 Å². The highest BCUT2D eigenvalue weighted by Crippen LogP contribution is 2.38. The van der Waals surface area contributed by atoms with Crippen molar-refractivity contribution in [3.63, 3.8) is 0 Å². The number of nitrogens with one attached hydrogen (secondary N) is 1. The van der Waals surface area contributed by atoms with Crippen LogP contribution in [-0.2, 0) is 11.3 Å². The number of non-ortho nitro benzene ring substituents is 1. The van der Waals surface area contributed by atoms with Gasteiger partial charge in [-0.1, -0.05) is 36.9 Å². The van der Waals surface area contributed by atoms with Gasteiger partial charge < -0.3 is 9.72 Å². The Labute approximate surface area is 223 Å². The van der Waals surface area contributed by atoms with E-state index < -0.39 is 16.4 Å². The maximum atomic E-state index is 14.2. The molecule has 4 aromatic rings. The monoisotopic (exact) mass is 538 g/mol. The molecule has 10 heteroatoms. The number of aromatic amines is 1. The van der Waals surface area contributed by atoms with Crippen LogP contribution in [0.4, 0.5) is 10.1 Å². The summed E-state index contributed by atoms with van der Waals surface area (Å²) in [5, 5.41) is 12.4. The van der Waals surface area contributed by atoms with Gasteiger partial charge >= 0.3 is 5.97 Å². The van der Waals surface area contributed by atoms with E-state index >= 15 is 0 Å². The van der Waals surface area contributed by atoms with Crippen molar-refractivity contribution in [2.24, 2.45) is 0 Å². The summed E-state index contributed by atoms with van der Waals surface area (Å²) in [6.45, 7) is 2.66. The van der Waals surface area contributed by atoms with Crippen LogP contribution in [0.2, 0.25) is 5.02 Å². The van der Waals surface area contributed by atoms with Gasteiger partial charge in [0.15, 0.2) is 5.52 Å². The molecule has 1 aliphatic carbocycles. The lowest BCUT2D eigenvalue weighted by molar-refractivity contribution is -0.383. The number of ether oxygens (including phenoxy) is 1. The van der Waals surface area contributed by atoms with E-state index in [1.807, 2.05) is 18.2 Å². The first-order valence-electron chi connectivity index (χ1n) is 12.7. The Hall–Kier alpha value is -3.56. The molecule has 0 spiro atoms. The number of H-pyrrole nitrogens is 1. The van der Waals surface area contributed by atoms with Crippen molar-refractivity contribution < 1.29 is 18.8 Å². The van der Waals surface area contributed by atoms with Crippen LogP contribution < -0.4 is 0 Å². The minimum atomic E-state index is -0.759. The van der Waals surface area contributed by atoms with Gasteiger partial charge in [0.2, 0.25) is 0 Å². The number of benzene rings is 2. The predicted octanol–water partition coefficient (Wildman–Crippen LogP) is 7.03. The summed E-state index contributed by atoms with van der Waals surface area (Å²) in [5.74, 6) is -1.15. The molecule has 2 heterocycles. The first kappa shape index (κ1) is 26.1. The van der Waals surface area contributed by atoms with E-state index in [0.29, 0.717) is 34.9 Å². The number of pyridine rings is 1. The molecule has 0 aliphatic heterocycles. The molecule has 0 saturated heterocycles. The van der Waals surface area contributed by atoms with Gasteiger partial charge in [-0.05, 0) is 56.6 Å². The molecule has 198 valence electrons. The second-order valence-corrected chi connectivity index (χ2v) is 10.1. The standard InChI is InChI=1S/C28H28ClFN4O4/c1-3-38-28(35)16-9-10-20(17(11-16)15-33(2)19-7-5-4-6-8-19)23-14-22-25(29)21-12-18(30)13-24(34(36)37)26(21)32-27(22)31-23/h9-14,19H,3-8,15H2,1-2H3,(H,31,32). The van der Waals surface area contributed by atoms with Crippen LogP contribution in [0.25, 0.3) is 33.2 Å². The number of carbonyl (C=O) groups excluding carboxylic acids is 1. The average molecular weight is 539 g/mol. The quantitative estimate of drug-likeness (QED) is 0.154. The Balaban J connectivity index is 1.62. The van der Waals surface area contributed by atoms with Crippen molar-refractivity contribution in [3.8, 4) is 11.3 Å². The molecular weight excluding hydrogens is 511 g/mol. The van der Waals surface area contributed by atoms with Gasteiger partial charge in [0.05, 0.1) is 28.2 Å². The van der Waals surface area contributed by atoms with Crippen molar-refractivity contribution in [3.05, 3.63) is 68.5 Å². The van der Waals surface area contributed by atoms with Crippen molar-refractivity contribution in [2.45, 2.75) is 51.6 Å². The number of hydrogen-bond acceptors (Lipinski definition) is 6. The lowest BCUT2D eigenvalue weighted by atomic mass is 9.93. The summed E-state index contributed by atoms with van der Waals surface area (Å²) in [6.07, 6.45) is 5.94. The lowest BCUT2D eigenvalue weighted by Gasteiger charge is -2.31. The SMILES string of the molecule is CCOC(=O)c1ccc(-c2cc3c(Cl)c4cc(F)cc([N+](=O)[O-])c4nc3[nH]2)c(CN(C)C2CCCCC2)c1. The molecule has 1 N–H and O–H groups in total. The highest BCUT2D eigenvalue weighted by molar-refractivity contribution is 6.40. The summed E-state index contributed by atoms with van der Waals surface area (Å²) >= 11 is 6.63. The summed E-state index contributed by atoms with van der Waals surface area (Å²) in [6, 6.07) is 9.69. The van der Waals surface area contributed by atoms with Gasteiger partial charge in [-0.3, -0.25) is 15.0 Å². The van der Waals surface area contributed by atoms with Crippen LogP contribution in [0, 0.1) is 15.9 Å². The van der Waals surface area contributed by atoms with Crippen molar-refractivity contribution in [2.75, 3.05) is 13.7 Å². The molecule has 5 rings (SSSR count). The molecule has 8 nitrogen and oxygen atoms in total. The summed E-state index contributed by atoms with van der Waals surface area (Å²) in [4.78, 5) is 33.4. The summed E-state index contributed by atoms with van der Waals surface area (Å²) in [5.41, 5.74) is 2.84. The molecule has 0 amide bonds. The van der Waals surface area contributed by atoms with E-state index in [9.17, 15) is 19.3 Å². The number of nitrogens with zero attached hydrogens (tertiary/aromatic N) is 3. The third-order valence-electron chi connectivity index (χ3n) is 7.27. The number of halogens is 2. The van der Waals surface area contributed by atoms with E-state index in [1.54, 1.807) is 13.0 Å². The number of carbonyl (C=O) groups is 1. The Morgan fingerprint density at radius 3 is 2.68 bits per heavy atom. The molecule has 0 bridgehead atoms. The van der Waals surface area contributed by atoms with E-state index in [-0.39, 0.29) is 28.5 Å². The van der Waals surface area contributed by atoms with Gasteiger partial charge in [0.25, 0.3) is 5.69 Å². The predicted molar refractivity (Wildman–Crippen MR) is 145 cm³/mol. The minimum Gasteiger partial charge on any atom is -0.462 e. The number of hydrogen-bond donors (Lipinski definition) is 1. The van der Waals surface area contributed by atoms with Crippen LogP contribution >= 0.6 is 11.6 Å². The van der Waals surface area contributed by atoms with E-state index in [2.05, 4.69) is 21.9 Å². The molecular formula is C28H28ClFN4O4. The van der Waals surface area contributed by atoms with Gasteiger partial charge in [-0.25, -0.2) is 14.2 Å². The molecule has 2 aromatic carbocycles. The number of rotatable bonds is 7. The molecule has 1 fully saturated rings. The van der Waals surface area contributed by atoms with Crippen molar-refractivity contribution >= 4 is 45.2 Å². The Kier molecular flexibility index (Phi) is 7.32. The van der Waals surface area contributed by atoms with E-state index in [1.165, 1.54) is 19.3 Å². The molecule has 1 saturated carbocycles. The van der Waals surface area contributed by atoms with Crippen molar-refractivity contribution in [1.82, 2.24) is 14.9 Å². The van der Waals surface area contributed by atoms with Gasteiger partial charge in [-0.15, -0.1) is 0 Å². The normalized spacial score (nSPS) is 14.4. The first-order valence-corrected chi connectivity index (χ1v) is 13.1. The Morgan fingerprint density at radius 1 is 1.21 bits per heavy atom. The van der Waals surface area contributed by atoms with E-state index in [4.69, 9.17) is 16.3 Å². The molecule has 0 unspecified atom stereocenters. The highest BCUT2D eigenvalue weighted by atomic mass is 35.5. The number of nitro groups is 1. The van der Waals surface area contributed by atoms with Crippen LogP contribution in [0.15, 0.2) is 36.4 Å². The smallest absolute Gasteiger partial charge is 0.338 e. The summed E-state index contributed by atoms with van der Waals surface area (Å²) in [7, 11) is 2.10. The highest BCUT2D eigenvalue weighted by Gasteiger charge is 2.23. The second-order valence-electron chi connectivity index (χ2n) is 9.75. The zero-order chi connectivity index (χ0) is 27.0. The van der Waals surface area contributed by atoms with Crippen LogP contribution in [-0.4, -0.2) is 45.5 Å². The van der Waals surface area contributed by atoms with Crippen LogP contribution in [0.1, 0.15) is 54.9 Å². The molecule has 1 aliphatic rings. The number of nitro benzene ring substituents is 1. The Morgan fingerprint density at radius 2 is 1.97 bits per heavy atom. The average Bonchev–Trinajstić information content (AvgIpc) is 3.33. The minimum absolute atomic E-state index is 0.0113. The number of fused-ring (bicyclic) bond motifs is 2. The summed E-state index contributed by atoms with van der Waals surface area (Å²) < 4.78 is 19.4. The molecule has 2 aromatic heterocycles. The lowest BCUT2D eigenvalue weighted by Crippen LogP contribution is -2.33. The van der Waals surface area contributed by atoms with Crippen LogP contribution in [0.5, 0.6) is 0 Å². The number of aromatic nitrogens is 2.